The number of hydrogen-bond donors (Lipinski definition) is 1. The fourth-order valence-corrected chi connectivity index (χ4v) is 2.64. The van der Waals surface area contributed by atoms with Gasteiger partial charge in [0.2, 0.25) is 0 Å². The molecule has 0 amide bonds. The molecule has 1 aliphatic heterocycles. The van der Waals surface area contributed by atoms with Gasteiger partial charge in [0.15, 0.2) is 5.82 Å². The van der Waals surface area contributed by atoms with E-state index in [2.05, 4.69) is 10.3 Å². The molecule has 1 aromatic carbocycles. The van der Waals surface area contributed by atoms with Gasteiger partial charge in [-0.05, 0) is 25.4 Å². The Kier molecular flexibility index (Phi) is 2.78. The van der Waals surface area contributed by atoms with Gasteiger partial charge in [0.25, 0.3) is 0 Å². The van der Waals surface area contributed by atoms with Crippen molar-refractivity contribution in [1.82, 2.24) is 14.9 Å². The van der Waals surface area contributed by atoms with Gasteiger partial charge in [0.05, 0.1) is 5.52 Å². The molecule has 3 rings (SSSR count). The largest absolute Gasteiger partial charge is 0.329 e. The van der Waals surface area contributed by atoms with Crippen LogP contribution in [-0.4, -0.2) is 22.6 Å². The molecule has 18 heavy (non-hydrogen) atoms. The Morgan fingerprint density at radius 3 is 3.00 bits per heavy atom. The summed E-state index contributed by atoms with van der Waals surface area (Å²) in [5.41, 5.74) is 0.785. The van der Waals surface area contributed by atoms with Crippen molar-refractivity contribution in [2.75, 3.05) is 13.1 Å². The molecule has 2 aromatic rings. The maximum absolute atomic E-state index is 13.7. The van der Waals surface area contributed by atoms with E-state index in [1.54, 1.807) is 11.6 Å². The van der Waals surface area contributed by atoms with Crippen molar-refractivity contribution in [3.05, 3.63) is 29.6 Å². The minimum Gasteiger partial charge on any atom is -0.329 e. The Morgan fingerprint density at radius 1 is 1.44 bits per heavy atom. The maximum Gasteiger partial charge on any atom is 0.152 e. The highest BCUT2D eigenvalue weighted by atomic mass is 19.1. The fourth-order valence-electron chi connectivity index (χ4n) is 2.64. The zero-order valence-corrected chi connectivity index (χ0v) is 10.2. The van der Waals surface area contributed by atoms with Crippen LogP contribution in [0.15, 0.2) is 12.1 Å². The SMILES string of the molecule is Cn1c(CC2CCNC2)nc2cc(F)cc(F)c21. The molecule has 1 atom stereocenters. The molecule has 1 saturated heterocycles. The number of hydrogen-bond acceptors (Lipinski definition) is 2. The second kappa shape index (κ2) is 4.31. The monoisotopic (exact) mass is 251 g/mol. The summed E-state index contributed by atoms with van der Waals surface area (Å²) in [6.45, 7) is 2.00. The highest BCUT2D eigenvalue weighted by Gasteiger charge is 2.19. The molecule has 1 aromatic heterocycles. The number of rotatable bonds is 2. The van der Waals surface area contributed by atoms with Crippen LogP contribution >= 0.6 is 0 Å². The summed E-state index contributed by atoms with van der Waals surface area (Å²) in [4.78, 5) is 4.35. The average molecular weight is 251 g/mol. The maximum atomic E-state index is 13.7. The van der Waals surface area contributed by atoms with E-state index in [9.17, 15) is 8.78 Å². The number of aromatic nitrogens is 2. The molecule has 0 saturated carbocycles. The van der Waals surface area contributed by atoms with E-state index >= 15 is 0 Å². The van der Waals surface area contributed by atoms with Gasteiger partial charge in [-0.1, -0.05) is 0 Å². The van der Waals surface area contributed by atoms with Crippen molar-refractivity contribution in [2.24, 2.45) is 13.0 Å². The number of nitrogens with one attached hydrogen (secondary N) is 1. The second-order valence-corrected chi connectivity index (χ2v) is 4.91. The predicted octanol–water partition coefficient (Wildman–Crippen LogP) is 2.00. The lowest BCUT2D eigenvalue weighted by Gasteiger charge is -2.07. The van der Waals surface area contributed by atoms with E-state index < -0.39 is 11.6 Å². The van der Waals surface area contributed by atoms with Crippen molar-refractivity contribution in [1.29, 1.82) is 0 Å². The first-order chi connectivity index (χ1) is 8.65. The van der Waals surface area contributed by atoms with Crippen molar-refractivity contribution in [3.63, 3.8) is 0 Å². The first-order valence-corrected chi connectivity index (χ1v) is 6.16. The Balaban J connectivity index is 2.02. The molecule has 0 bridgehead atoms. The second-order valence-electron chi connectivity index (χ2n) is 4.91. The van der Waals surface area contributed by atoms with Crippen molar-refractivity contribution < 1.29 is 8.78 Å². The number of halogens is 2. The van der Waals surface area contributed by atoms with Crippen LogP contribution in [0.3, 0.4) is 0 Å². The summed E-state index contributed by atoms with van der Waals surface area (Å²) in [5.74, 6) is 0.236. The number of benzene rings is 1. The van der Waals surface area contributed by atoms with Crippen LogP contribution in [0.1, 0.15) is 12.2 Å². The first kappa shape index (κ1) is 11.6. The molecular weight excluding hydrogens is 236 g/mol. The molecule has 0 radical (unpaired) electrons. The zero-order chi connectivity index (χ0) is 12.7. The summed E-state index contributed by atoms with van der Waals surface area (Å²) in [7, 11) is 1.79. The van der Waals surface area contributed by atoms with Gasteiger partial charge < -0.3 is 9.88 Å². The molecule has 5 heteroatoms. The van der Waals surface area contributed by atoms with Crippen LogP contribution in [0.2, 0.25) is 0 Å². The topological polar surface area (TPSA) is 29.9 Å². The van der Waals surface area contributed by atoms with Gasteiger partial charge in [-0.3, -0.25) is 0 Å². The molecule has 1 aliphatic rings. The van der Waals surface area contributed by atoms with Gasteiger partial charge in [0.1, 0.15) is 17.2 Å². The highest BCUT2D eigenvalue weighted by Crippen LogP contribution is 2.22. The van der Waals surface area contributed by atoms with Gasteiger partial charge >= 0.3 is 0 Å². The number of aryl methyl sites for hydroxylation is 1. The molecular formula is C13H15F2N3. The van der Waals surface area contributed by atoms with E-state index in [0.29, 0.717) is 17.0 Å². The van der Waals surface area contributed by atoms with E-state index in [-0.39, 0.29) is 0 Å². The molecule has 2 heterocycles. The van der Waals surface area contributed by atoms with Gasteiger partial charge in [-0.2, -0.15) is 0 Å². The summed E-state index contributed by atoms with van der Waals surface area (Å²) in [6, 6.07) is 2.19. The minimum absolute atomic E-state index is 0.386. The standard InChI is InChI=1S/C13H15F2N3/c1-18-12(4-8-2-3-16-7-8)17-11-6-9(14)5-10(15)13(11)18/h5-6,8,16H,2-4,7H2,1H3. The normalized spacial score (nSPS) is 19.8. The smallest absolute Gasteiger partial charge is 0.152 e. The Hall–Kier alpha value is -1.49. The number of fused-ring (bicyclic) bond motifs is 1. The van der Waals surface area contributed by atoms with Crippen molar-refractivity contribution in [3.8, 4) is 0 Å². The van der Waals surface area contributed by atoms with Crippen LogP contribution in [-0.2, 0) is 13.5 Å². The van der Waals surface area contributed by atoms with Gasteiger partial charge in [0, 0.05) is 25.6 Å². The van der Waals surface area contributed by atoms with Crippen LogP contribution < -0.4 is 5.32 Å². The molecule has 3 nitrogen and oxygen atoms in total. The summed E-state index contributed by atoms with van der Waals surface area (Å²) in [5, 5.41) is 3.30. The molecule has 0 spiro atoms. The molecule has 1 unspecified atom stereocenters. The predicted molar refractivity (Wildman–Crippen MR) is 65.3 cm³/mol. The van der Waals surface area contributed by atoms with Gasteiger partial charge in [-0.25, -0.2) is 13.8 Å². The average Bonchev–Trinajstić information content (AvgIpc) is 2.88. The van der Waals surface area contributed by atoms with Crippen molar-refractivity contribution >= 4 is 11.0 Å². The van der Waals surface area contributed by atoms with Crippen LogP contribution in [0.4, 0.5) is 8.78 Å². The Bertz CT molecular complexity index is 585. The third-order valence-electron chi connectivity index (χ3n) is 3.61. The van der Waals surface area contributed by atoms with Gasteiger partial charge in [-0.15, -0.1) is 0 Å². The first-order valence-electron chi connectivity index (χ1n) is 6.16. The minimum atomic E-state index is -0.577. The molecule has 1 N–H and O–H groups in total. The lowest BCUT2D eigenvalue weighted by Crippen LogP contribution is -2.13. The summed E-state index contributed by atoms with van der Waals surface area (Å²) >= 11 is 0. The summed E-state index contributed by atoms with van der Waals surface area (Å²) < 4.78 is 28.6. The van der Waals surface area contributed by atoms with Crippen LogP contribution in [0.25, 0.3) is 11.0 Å². The third-order valence-corrected chi connectivity index (χ3v) is 3.61. The number of nitrogens with zero attached hydrogens (tertiary/aromatic N) is 2. The van der Waals surface area contributed by atoms with E-state index in [4.69, 9.17) is 0 Å². The molecule has 1 fully saturated rings. The zero-order valence-electron chi connectivity index (χ0n) is 10.2. The quantitative estimate of drug-likeness (QED) is 0.884. The molecule has 96 valence electrons. The third kappa shape index (κ3) is 1.88. The van der Waals surface area contributed by atoms with E-state index in [1.165, 1.54) is 6.07 Å². The Labute approximate surface area is 104 Å². The van der Waals surface area contributed by atoms with Crippen LogP contribution in [0, 0.1) is 17.6 Å². The van der Waals surface area contributed by atoms with Crippen LogP contribution in [0.5, 0.6) is 0 Å². The number of imidazole rings is 1. The Morgan fingerprint density at radius 2 is 2.28 bits per heavy atom. The van der Waals surface area contributed by atoms with Crippen molar-refractivity contribution in [2.45, 2.75) is 12.8 Å². The fraction of sp³-hybridized carbons (Fsp3) is 0.462. The van der Waals surface area contributed by atoms with E-state index in [1.807, 2.05) is 0 Å². The lowest BCUT2D eigenvalue weighted by atomic mass is 10.0. The van der Waals surface area contributed by atoms with E-state index in [0.717, 1.165) is 37.8 Å². The highest BCUT2D eigenvalue weighted by molar-refractivity contribution is 5.76. The lowest BCUT2D eigenvalue weighted by molar-refractivity contribution is 0.549. The summed E-state index contributed by atoms with van der Waals surface area (Å²) in [6.07, 6.45) is 1.92. The molecule has 0 aliphatic carbocycles.